The molecule has 1 saturated heterocycles. The van der Waals surface area contributed by atoms with E-state index in [1.807, 2.05) is 55.1 Å². The van der Waals surface area contributed by atoms with Crippen molar-refractivity contribution in [2.24, 2.45) is 5.92 Å². The van der Waals surface area contributed by atoms with Crippen molar-refractivity contribution >= 4 is 22.4 Å². The summed E-state index contributed by atoms with van der Waals surface area (Å²) in [4.78, 5) is 31.3. The first-order valence-corrected chi connectivity index (χ1v) is 11.7. The summed E-state index contributed by atoms with van der Waals surface area (Å²) in [6.45, 7) is 3.10. The minimum absolute atomic E-state index is 0.109. The van der Waals surface area contributed by atoms with Crippen LogP contribution in [0.5, 0.6) is 11.5 Å². The molecule has 0 spiro atoms. The number of ether oxygens (including phenoxy) is 2. The Morgan fingerprint density at radius 2 is 1.69 bits per heavy atom. The van der Waals surface area contributed by atoms with E-state index in [1.54, 1.807) is 30.0 Å². The van der Waals surface area contributed by atoms with E-state index >= 15 is 0 Å². The fraction of sp³-hybridized carbons (Fsp3) is 0.357. The highest BCUT2D eigenvalue weighted by molar-refractivity contribution is 6.07. The highest BCUT2D eigenvalue weighted by Gasteiger charge is 2.26. The van der Waals surface area contributed by atoms with Crippen molar-refractivity contribution in [3.8, 4) is 29.0 Å². The first-order chi connectivity index (χ1) is 16.9. The number of amides is 1. The third-order valence-corrected chi connectivity index (χ3v) is 6.51. The fourth-order valence-electron chi connectivity index (χ4n) is 4.55. The molecular weight excluding hydrogens is 442 g/mol. The van der Waals surface area contributed by atoms with Crippen molar-refractivity contribution < 1.29 is 14.3 Å². The number of methoxy groups -OCH3 is 2. The van der Waals surface area contributed by atoms with Crippen LogP contribution in [0.3, 0.4) is 0 Å². The van der Waals surface area contributed by atoms with Crippen LogP contribution in [0.2, 0.25) is 0 Å². The zero-order valence-corrected chi connectivity index (χ0v) is 20.9. The Hall–Kier alpha value is -3.92. The van der Waals surface area contributed by atoms with Gasteiger partial charge in [0.15, 0.2) is 11.5 Å². The molecule has 35 heavy (non-hydrogen) atoms. The maximum atomic E-state index is 13.8. The average molecular weight is 474 g/mol. The van der Waals surface area contributed by atoms with Gasteiger partial charge >= 0.3 is 0 Å². The molecule has 1 fully saturated rings. The molecule has 4 rings (SSSR count). The molecule has 0 unspecified atom stereocenters. The molecule has 0 bridgehead atoms. The molecule has 0 N–H and O–H groups in total. The van der Waals surface area contributed by atoms with E-state index in [-0.39, 0.29) is 11.5 Å². The lowest BCUT2D eigenvalue weighted by atomic mass is 9.96. The van der Waals surface area contributed by atoms with E-state index in [4.69, 9.17) is 9.47 Å². The number of benzene rings is 2. The van der Waals surface area contributed by atoms with Crippen LogP contribution in [-0.2, 0) is 0 Å². The third kappa shape index (κ3) is 4.69. The van der Waals surface area contributed by atoms with Crippen LogP contribution in [0, 0.1) is 17.8 Å². The van der Waals surface area contributed by atoms with Crippen LogP contribution < -0.4 is 19.9 Å². The van der Waals surface area contributed by atoms with Crippen molar-refractivity contribution in [1.29, 1.82) is 0 Å². The first kappa shape index (κ1) is 24.2. The van der Waals surface area contributed by atoms with Gasteiger partial charge in [-0.15, -0.1) is 11.8 Å². The summed E-state index contributed by atoms with van der Waals surface area (Å²) in [6.07, 6.45) is 3.34. The topological polar surface area (TPSA) is 64.0 Å². The average Bonchev–Trinajstić information content (AvgIpc) is 2.88. The molecule has 0 atom stereocenters. The molecule has 7 heteroatoms. The molecule has 0 radical (unpaired) electrons. The van der Waals surface area contributed by atoms with Gasteiger partial charge in [-0.05, 0) is 50.1 Å². The number of aromatic nitrogens is 1. The standard InChI is InChI=1S/C28H31N3O4/c1-6-8-19-11-13-30(14-12-19)27(32)24-18-31(21-10-7-9-20(15-21)29(2)3)28(33)23-17-26(35-5)25(34-4)16-22(23)24/h7,9-10,15-19H,11-14H2,1-5H3. The zero-order chi connectivity index (χ0) is 25.1. The SMILES string of the molecule is CC#CC1CCN(C(=O)c2cn(-c3cccc(N(C)C)c3)c(=O)c3cc(OC)c(OC)cc23)CC1. The summed E-state index contributed by atoms with van der Waals surface area (Å²) in [6, 6.07) is 11.0. The second-order valence-electron chi connectivity index (χ2n) is 8.85. The monoisotopic (exact) mass is 473 g/mol. The predicted molar refractivity (Wildman–Crippen MR) is 139 cm³/mol. The molecule has 1 amide bonds. The van der Waals surface area contributed by atoms with Crippen LogP contribution in [0.15, 0.2) is 47.4 Å². The predicted octanol–water partition coefficient (Wildman–Crippen LogP) is 3.95. The maximum absolute atomic E-state index is 13.8. The number of nitrogens with zero attached hydrogens (tertiary/aromatic N) is 3. The number of carbonyl (C=O) groups excluding carboxylic acids is 1. The van der Waals surface area contributed by atoms with Crippen molar-refractivity contribution in [2.75, 3.05) is 46.3 Å². The summed E-state index contributed by atoms with van der Waals surface area (Å²) >= 11 is 0. The number of hydrogen-bond donors (Lipinski definition) is 0. The summed E-state index contributed by atoms with van der Waals surface area (Å²) in [5.74, 6) is 7.32. The highest BCUT2D eigenvalue weighted by Crippen LogP contribution is 2.33. The summed E-state index contributed by atoms with van der Waals surface area (Å²) < 4.78 is 12.5. The molecule has 2 aromatic carbocycles. The van der Waals surface area contributed by atoms with E-state index in [0.717, 1.165) is 18.5 Å². The minimum Gasteiger partial charge on any atom is -0.493 e. The second kappa shape index (κ2) is 10.1. The Bertz CT molecular complexity index is 1370. The lowest BCUT2D eigenvalue weighted by Crippen LogP contribution is -2.39. The molecule has 1 aromatic heterocycles. The van der Waals surface area contributed by atoms with Gasteiger partial charge < -0.3 is 19.3 Å². The van der Waals surface area contributed by atoms with Crippen molar-refractivity contribution in [3.05, 3.63) is 58.5 Å². The Kier molecular flexibility index (Phi) is 7.02. The van der Waals surface area contributed by atoms with E-state index in [0.29, 0.717) is 52.5 Å². The van der Waals surface area contributed by atoms with E-state index in [9.17, 15) is 9.59 Å². The van der Waals surface area contributed by atoms with Gasteiger partial charge in [0.05, 0.1) is 30.9 Å². The molecule has 182 valence electrons. The molecule has 7 nitrogen and oxygen atoms in total. The number of likely N-dealkylation sites (tertiary alicyclic amines) is 1. The van der Waals surface area contributed by atoms with Gasteiger partial charge in [0, 0.05) is 50.4 Å². The molecule has 3 aromatic rings. The normalized spacial score (nSPS) is 13.8. The van der Waals surface area contributed by atoms with Crippen LogP contribution in [-0.4, -0.2) is 56.8 Å². The number of hydrogen-bond acceptors (Lipinski definition) is 5. The van der Waals surface area contributed by atoms with Crippen LogP contribution >= 0.6 is 0 Å². The third-order valence-electron chi connectivity index (χ3n) is 6.51. The summed E-state index contributed by atoms with van der Waals surface area (Å²) in [7, 11) is 6.96. The quantitative estimate of drug-likeness (QED) is 0.525. The fourth-order valence-corrected chi connectivity index (χ4v) is 4.55. The Morgan fingerprint density at radius 1 is 1.03 bits per heavy atom. The molecule has 1 aliphatic heterocycles. The van der Waals surface area contributed by atoms with E-state index in [2.05, 4.69) is 11.8 Å². The lowest BCUT2D eigenvalue weighted by molar-refractivity contribution is 0.0709. The smallest absolute Gasteiger partial charge is 0.263 e. The van der Waals surface area contributed by atoms with Crippen LogP contribution in [0.4, 0.5) is 5.69 Å². The second-order valence-corrected chi connectivity index (χ2v) is 8.85. The Balaban J connectivity index is 1.90. The number of piperidine rings is 1. The van der Waals surface area contributed by atoms with Gasteiger partial charge in [0.2, 0.25) is 0 Å². The molecule has 0 saturated carbocycles. The lowest BCUT2D eigenvalue weighted by Gasteiger charge is -2.30. The van der Waals surface area contributed by atoms with Crippen LogP contribution in [0.25, 0.3) is 16.5 Å². The summed E-state index contributed by atoms with van der Waals surface area (Å²) in [5.41, 5.74) is 1.86. The molecule has 1 aliphatic rings. The van der Waals surface area contributed by atoms with E-state index < -0.39 is 0 Å². The molecule has 2 heterocycles. The Labute approximate surface area is 205 Å². The Morgan fingerprint density at radius 3 is 2.29 bits per heavy atom. The van der Waals surface area contributed by atoms with Gasteiger partial charge in [0.25, 0.3) is 11.5 Å². The largest absolute Gasteiger partial charge is 0.493 e. The first-order valence-electron chi connectivity index (χ1n) is 11.7. The van der Waals surface area contributed by atoms with Crippen molar-refractivity contribution in [3.63, 3.8) is 0 Å². The maximum Gasteiger partial charge on any atom is 0.263 e. The highest BCUT2D eigenvalue weighted by atomic mass is 16.5. The van der Waals surface area contributed by atoms with Crippen molar-refractivity contribution in [2.45, 2.75) is 19.8 Å². The van der Waals surface area contributed by atoms with Gasteiger partial charge in [-0.2, -0.15) is 0 Å². The number of fused-ring (bicyclic) bond motifs is 1. The number of pyridine rings is 1. The zero-order valence-electron chi connectivity index (χ0n) is 20.9. The van der Waals surface area contributed by atoms with Gasteiger partial charge in [-0.3, -0.25) is 14.2 Å². The minimum atomic E-state index is -0.231. The summed E-state index contributed by atoms with van der Waals surface area (Å²) in [5, 5.41) is 0.948. The number of anilines is 1. The van der Waals surface area contributed by atoms with Crippen molar-refractivity contribution in [1.82, 2.24) is 9.47 Å². The van der Waals surface area contributed by atoms with Gasteiger partial charge in [-0.25, -0.2) is 0 Å². The van der Waals surface area contributed by atoms with Gasteiger partial charge in [0.1, 0.15) is 0 Å². The molecular formula is C28H31N3O4. The van der Waals surface area contributed by atoms with E-state index in [1.165, 1.54) is 7.11 Å². The number of rotatable bonds is 5. The number of carbonyl (C=O) groups is 1. The molecule has 0 aliphatic carbocycles. The van der Waals surface area contributed by atoms with Crippen LogP contribution in [0.1, 0.15) is 30.1 Å². The van der Waals surface area contributed by atoms with Gasteiger partial charge in [-0.1, -0.05) is 6.07 Å².